The van der Waals surface area contributed by atoms with Crippen molar-refractivity contribution in [3.63, 3.8) is 0 Å². The zero-order valence-electron chi connectivity index (χ0n) is 21.2. The molecule has 212 valence electrons. The van der Waals surface area contributed by atoms with Crippen molar-refractivity contribution in [3.05, 3.63) is 83.3 Å². The number of amides is 2. The highest BCUT2D eigenvalue weighted by atomic mass is 35.5. The molecule has 1 aromatic carbocycles. The maximum absolute atomic E-state index is 13.4. The van der Waals surface area contributed by atoms with Crippen molar-refractivity contribution in [1.82, 2.24) is 15.6 Å². The largest absolute Gasteiger partial charge is 0.471 e. The van der Waals surface area contributed by atoms with Crippen molar-refractivity contribution < 1.29 is 32.3 Å². The van der Waals surface area contributed by atoms with E-state index in [2.05, 4.69) is 15.2 Å². The average Bonchev–Trinajstić information content (AvgIpc) is 2.93. The maximum atomic E-state index is 13.4. The molecule has 2 aliphatic rings. The van der Waals surface area contributed by atoms with Crippen LogP contribution in [0.2, 0.25) is 5.02 Å². The van der Waals surface area contributed by atoms with Gasteiger partial charge in [-0.2, -0.15) is 13.2 Å². The number of nitrogens with one attached hydrogen (secondary N) is 2. The van der Waals surface area contributed by atoms with Crippen LogP contribution in [0.3, 0.4) is 0 Å². The number of aromatic nitrogens is 1. The molecule has 0 radical (unpaired) electrons. The van der Waals surface area contributed by atoms with Crippen LogP contribution < -0.4 is 21.3 Å². The van der Waals surface area contributed by atoms with E-state index in [4.69, 9.17) is 22.1 Å². The molecule has 1 fully saturated rings. The first-order valence-electron chi connectivity index (χ1n) is 12.4. The van der Waals surface area contributed by atoms with E-state index in [0.717, 1.165) is 43.8 Å². The second kappa shape index (κ2) is 12.1. The minimum atomic E-state index is -5.15. The lowest BCUT2D eigenvalue weighted by Crippen LogP contribution is -2.63. The minimum Gasteiger partial charge on any atom is -0.449 e. The lowest BCUT2D eigenvalue weighted by Gasteiger charge is -2.36. The SMILES string of the molecule is NC1(C(=O)c2ccc(Cl)cc2)C=C(NC(=O)C(F)(F)F)C=CC1NC(=O)OCC1CCN(c2ccncc2)CC1. The molecule has 2 aromatic rings. The minimum absolute atomic E-state index is 0.0982. The third kappa shape index (κ3) is 6.99. The molecule has 2 heterocycles. The normalized spacial score (nSPS) is 21.4. The molecular weight excluding hydrogens is 551 g/mol. The molecule has 40 heavy (non-hydrogen) atoms. The molecule has 2 atom stereocenters. The summed E-state index contributed by atoms with van der Waals surface area (Å²) in [6.07, 6.45) is 2.38. The lowest BCUT2D eigenvalue weighted by molar-refractivity contribution is -0.172. The van der Waals surface area contributed by atoms with Gasteiger partial charge in [0.1, 0.15) is 5.54 Å². The fraction of sp³-hybridized carbons (Fsp3) is 0.333. The number of carbonyl (C=O) groups is 3. The van der Waals surface area contributed by atoms with E-state index in [-0.39, 0.29) is 23.8 Å². The average molecular weight is 578 g/mol. The summed E-state index contributed by atoms with van der Waals surface area (Å²) < 4.78 is 43.8. The number of halogens is 4. The number of anilines is 1. The summed E-state index contributed by atoms with van der Waals surface area (Å²) in [6.45, 7) is 1.70. The molecule has 1 saturated heterocycles. The van der Waals surface area contributed by atoms with Crippen LogP contribution in [0.4, 0.5) is 23.7 Å². The number of carbonyl (C=O) groups excluding carboxylic acids is 3. The number of alkyl halides is 3. The Bertz CT molecular complexity index is 1300. The molecule has 4 rings (SSSR count). The first-order chi connectivity index (χ1) is 19.0. The summed E-state index contributed by atoms with van der Waals surface area (Å²) in [4.78, 5) is 43.8. The Labute approximate surface area is 233 Å². The number of nitrogens with two attached hydrogens (primary N) is 1. The molecule has 0 bridgehead atoms. The van der Waals surface area contributed by atoms with Crippen molar-refractivity contribution in [3.8, 4) is 0 Å². The molecular formula is C27H27ClF3N5O4. The van der Waals surface area contributed by atoms with Gasteiger partial charge in [0, 0.05) is 47.5 Å². The molecule has 2 unspecified atom stereocenters. The van der Waals surface area contributed by atoms with Gasteiger partial charge in [-0.25, -0.2) is 4.79 Å². The second-order valence-corrected chi connectivity index (χ2v) is 9.97. The Hall–Kier alpha value is -3.90. The number of rotatable bonds is 7. The zero-order chi connectivity index (χ0) is 28.9. The van der Waals surface area contributed by atoms with Gasteiger partial charge in [0.05, 0.1) is 12.6 Å². The summed E-state index contributed by atoms with van der Waals surface area (Å²) in [5.74, 6) is -2.83. The van der Waals surface area contributed by atoms with E-state index in [0.29, 0.717) is 5.02 Å². The second-order valence-electron chi connectivity index (χ2n) is 9.54. The number of benzene rings is 1. The summed E-state index contributed by atoms with van der Waals surface area (Å²) in [7, 11) is 0. The van der Waals surface area contributed by atoms with Crippen molar-refractivity contribution in [2.45, 2.75) is 30.6 Å². The molecule has 13 heteroatoms. The number of piperidine rings is 1. The van der Waals surface area contributed by atoms with Gasteiger partial charge in [-0.05, 0) is 67.3 Å². The smallest absolute Gasteiger partial charge is 0.449 e. The first kappa shape index (κ1) is 29.1. The van der Waals surface area contributed by atoms with Crippen molar-refractivity contribution in [2.75, 3.05) is 24.6 Å². The Morgan fingerprint density at radius 3 is 2.38 bits per heavy atom. The van der Waals surface area contributed by atoms with Crippen molar-refractivity contribution >= 4 is 35.1 Å². The number of hydrogen-bond donors (Lipinski definition) is 3. The molecule has 1 aliphatic heterocycles. The third-order valence-corrected chi connectivity index (χ3v) is 7.01. The van der Waals surface area contributed by atoms with Crippen LogP contribution >= 0.6 is 11.6 Å². The number of ether oxygens (including phenoxy) is 1. The van der Waals surface area contributed by atoms with Crippen LogP contribution in [0, 0.1) is 5.92 Å². The lowest BCUT2D eigenvalue weighted by atomic mass is 9.79. The van der Waals surface area contributed by atoms with Crippen LogP contribution in [0.1, 0.15) is 23.2 Å². The van der Waals surface area contributed by atoms with E-state index in [9.17, 15) is 27.6 Å². The Balaban J connectivity index is 1.41. The molecule has 1 aromatic heterocycles. The Morgan fingerprint density at radius 2 is 1.75 bits per heavy atom. The predicted octanol–water partition coefficient (Wildman–Crippen LogP) is 3.76. The van der Waals surface area contributed by atoms with Gasteiger partial charge in [0.15, 0.2) is 5.78 Å². The van der Waals surface area contributed by atoms with E-state index in [1.165, 1.54) is 30.3 Å². The molecule has 9 nitrogen and oxygen atoms in total. The summed E-state index contributed by atoms with van der Waals surface area (Å²) in [5.41, 5.74) is 5.20. The highest BCUT2D eigenvalue weighted by molar-refractivity contribution is 6.30. The standard InChI is InChI=1S/C27H27ClF3N5O4/c28-19-3-1-18(2-4-19)23(37)26(32)15-20(34-24(38)27(29,30)31)5-6-22(26)35-25(39)40-16-17-9-13-36(14-10-17)21-7-11-33-12-8-21/h1-8,11-12,15,17,22H,9-10,13-14,16,32H2,(H,34,38)(H,35,39). The van der Waals surface area contributed by atoms with Crippen LogP contribution in [0.5, 0.6) is 0 Å². The van der Waals surface area contributed by atoms with Crippen molar-refractivity contribution in [1.29, 1.82) is 0 Å². The van der Waals surface area contributed by atoms with Gasteiger partial charge in [0.2, 0.25) is 0 Å². The molecule has 2 amide bonds. The zero-order valence-corrected chi connectivity index (χ0v) is 21.9. The summed E-state index contributed by atoms with van der Waals surface area (Å²) in [6, 6.07) is 8.36. The number of alkyl carbamates (subject to hydrolysis) is 1. The van der Waals surface area contributed by atoms with Gasteiger partial charge in [-0.3, -0.25) is 14.6 Å². The molecule has 0 spiro atoms. The summed E-state index contributed by atoms with van der Waals surface area (Å²) >= 11 is 5.90. The van der Waals surface area contributed by atoms with E-state index < -0.39 is 35.5 Å². The first-order valence-corrected chi connectivity index (χ1v) is 12.8. The van der Waals surface area contributed by atoms with E-state index >= 15 is 0 Å². The van der Waals surface area contributed by atoms with Crippen LogP contribution in [0.15, 0.2) is 72.7 Å². The van der Waals surface area contributed by atoms with Gasteiger partial charge < -0.3 is 26.0 Å². The number of ketones is 1. The van der Waals surface area contributed by atoms with Crippen LogP contribution in [0.25, 0.3) is 0 Å². The van der Waals surface area contributed by atoms with Gasteiger partial charge in [0.25, 0.3) is 0 Å². The highest BCUT2D eigenvalue weighted by Gasteiger charge is 2.44. The number of nitrogens with zero attached hydrogens (tertiary/aromatic N) is 2. The number of Topliss-reactive ketones (excluding diaryl/α,β-unsaturated/α-hetero) is 1. The van der Waals surface area contributed by atoms with E-state index in [1.807, 2.05) is 12.1 Å². The highest BCUT2D eigenvalue weighted by Crippen LogP contribution is 2.26. The molecule has 0 saturated carbocycles. The Morgan fingerprint density at radius 1 is 1.10 bits per heavy atom. The monoisotopic (exact) mass is 577 g/mol. The van der Waals surface area contributed by atoms with Gasteiger partial charge >= 0.3 is 18.2 Å². The Kier molecular flexibility index (Phi) is 8.79. The van der Waals surface area contributed by atoms with Crippen LogP contribution in [-0.2, 0) is 9.53 Å². The van der Waals surface area contributed by atoms with Crippen molar-refractivity contribution in [2.24, 2.45) is 11.7 Å². The predicted molar refractivity (Wildman–Crippen MR) is 142 cm³/mol. The molecule has 1 aliphatic carbocycles. The fourth-order valence-corrected chi connectivity index (χ4v) is 4.66. The third-order valence-electron chi connectivity index (χ3n) is 6.76. The van der Waals surface area contributed by atoms with Crippen LogP contribution in [-0.4, -0.2) is 60.2 Å². The summed E-state index contributed by atoms with van der Waals surface area (Å²) in [5, 5.41) is 4.58. The number of hydrogen-bond acceptors (Lipinski definition) is 7. The quantitative estimate of drug-likeness (QED) is 0.428. The number of allylic oxidation sites excluding steroid dienone is 1. The number of pyridine rings is 1. The van der Waals surface area contributed by atoms with E-state index in [1.54, 1.807) is 17.7 Å². The molecule has 4 N–H and O–H groups in total. The van der Waals surface area contributed by atoms with Gasteiger partial charge in [-0.1, -0.05) is 17.7 Å². The fourth-order valence-electron chi connectivity index (χ4n) is 4.53. The van der Waals surface area contributed by atoms with Gasteiger partial charge in [-0.15, -0.1) is 0 Å². The maximum Gasteiger partial charge on any atom is 0.471 e. The topological polar surface area (TPSA) is 127 Å².